The van der Waals surface area contributed by atoms with Crippen LogP contribution in [-0.2, 0) is 6.54 Å². The molecule has 9 nitrogen and oxygen atoms in total. The van der Waals surface area contributed by atoms with Crippen LogP contribution in [0, 0.1) is 17.1 Å². The SMILES string of the molecule is C[C@H]1CNC(=O)c2c(N)nn3ccc(nc23)NCc2c(ccc(F)c2C#N)O1. The molecule has 0 saturated heterocycles. The summed E-state index contributed by atoms with van der Waals surface area (Å²) in [4.78, 5) is 17.0. The van der Waals surface area contributed by atoms with Gasteiger partial charge in [-0.1, -0.05) is 0 Å². The molecule has 2 bridgehead atoms. The summed E-state index contributed by atoms with van der Waals surface area (Å²) in [7, 11) is 0. The van der Waals surface area contributed by atoms with Crippen LogP contribution in [0.4, 0.5) is 16.0 Å². The van der Waals surface area contributed by atoms with Crippen molar-refractivity contribution in [3.05, 3.63) is 46.9 Å². The number of carbonyl (C=O) groups excluding carboxylic acids is 1. The van der Waals surface area contributed by atoms with Crippen molar-refractivity contribution < 1.29 is 13.9 Å². The third-order valence-electron chi connectivity index (χ3n) is 4.39. The number of hydrogen-bond donors (Lipinski definition) is 3. The van der Waals surface area contributed by atoms with Gasteiger partial charge in [0.2, 0.25) is 0 Å². The lowest BCUT2D eigenvalue weighted by Gasteiger charge is -2.19. The van der Waals surface area contributed by atoms with Crippen LogP contribution < -0.4 is 21.1 Å². The van der Waals surface area contributed by atoms with Crippen molar-refractivity contribution in [3.8, 4) is 11.8 Å². The third-order valence-corrected chi connectivity index (χ3v) is 4.39. The zero-order valence-electron chi connectivity index (χ0n) is 14.9. The summed E-state index contributed by atoms with van der Waals surface area (Å²) in [6.45, 7) is 2.02. The number of nitrogens with one attached hydrogen (secondary N) is 2. The van der Waals surface area contributed by atoms with Crippen LogP contribution in [0.3, 0.4) is 0 Å². The maximum Gasteiger partial charge on any atom is 0.259 e. The number of nitrogen functional groups attached to an aromatic ring is 1. The van der Waals surface area contributed by atoms with Gasteiger partial charge < -0.3 is 21.1 Å². The Morgan fingerprint density at radius 2 is 2.21 bits per heavy atom. The van der Waals surface area contributed by atoms with Gasteiger partial charge in [-0.25, -0.2) is 13.9 Å². The molecular weight excluding hydrogens is 365 g/mol. The lowest BCUT2D eigenvalue weighted by atomic mass is 10.1. The number of fused-ring (bicyclic) bond motifs is 2. The molecule has 1 amide bonds. The minimum absolute atomic E-state index is 0.0581. The molecule has 1 aliphatic rings. The van der Waals surface area contributed by atoms with Crippen LogP contribution in [-0.4, -0.2) is 33.2 Å². The first-order chi connectivity index (χ1) is 13.5. The number of halogens is 1. The van der Waals surface area contributed by atoms with Crippen LogP contribution in [0.25, 0.3) is 5.65 Å². The predicted octanol–water partition coefficient (Wildman–Crippen LogP) is 1.45. The normalized spacial score (nSPS) is 16.6. The summed E-state index contributed by atoms with van der Waals surface area (Å²) in [5.74, 6) is -0.235. The minimum atomic E-state index is -0.633. The molecule has 3 heterocycles. The van der Waals surface area contributed by atoms with Gasteiger partial charge in [-0.3, -0.25) is 4.79 Å². The lowest BCUT2D eigenvalue weighted by molar-refractivity contribution is 0.0934. The van der Waals surface area contributed by atoms with E-state index in [4.69, 9.17) is 10.5 Å². The van der Waals surface area contributed by atoms with Crippen molar-refractivity contribution in [2.24, 2.45) is 0 Å². The van der Waals surface area contributed by atoms with Gasteiger partial charge in [0, 0.05) is 18.3 Å². The summed E-state index contributed by atoms with van der Waals surface area (Å²) in [6, 6.07) is 6.17. The van der Waals surface area contributed by atoms with Crippen molar-refractivity contribution in [3.63, 3.8) is 0 Å². The second-order valence-corrected chi connectivity index (χ2v) is 6.34. The molecule has 0 aliphatic carbocycles. The molecule has 142 valence electrons. The molecule has 3 aromatic rings. The Kier molecular flexibility index (Phi) is 4.19. The van der Waals surface area contributed by atoms with Crippen molar-refractivity contribution in [1.82, 2.24) is 19.9 Å². The summed E-state index contributed by atoms with van der Waals surface area (Å²) >= 11 is 0. The molecule has 0 saturated carbocycles. The van der Waals surface area contributed by atoms with Gasteiger partial charge in [-0.2, -0.15) is 5.26 Å². The van der Waals surface area contributed by atoms with Crippen LogP contribution in [0.5, 0.6) is 5.75 Å². The van der Waals surface area contributed by atoms with E-state index in [-0.39, 0.29) is 35.7 Å². The van der Waals surface area contributed by atoms with Crippen molar-refractivity contribution >= 4 is 23.2 Å². The fourth-order valence-electron chi connectivity index (χ4n) is 3.03. The fraction of sp³-hybridized carbons (Fsp3) is 0.222. The molecule has 4 rings (SSSR count). The highest BCUT2D eigenvalue weighted by Crippen LogP contribution is 2.27. The molecule has 1 aromatic carbocycles. The van der Waals surface area contributed by atoms with E-state index in [9.17, 15) is 14.4 Å². The number of rotatable bonds is 0. The highest BCUT2D eigenvalue weighted by Gasteiger charge is 2.22. The first-order valence-electron chi connectivity index (χ1n) is 8.53. The zero-order chi connectivity index (χ0) is 19.8. The van der Waals surface area contributed by atoms with Gasteiger partial charge in [-0.15, -0.1) is 5.10 Å². The number of aromatic nitrogens is 3. The number of amides is 1. The minimum Gasteiger partial charge on any atom is -0.488 e. The summed E-state index contributed by atoms with van der Waals surface area (Å²) in [6.07, 6.45) is 1.16. The summed E-state index contributed by atoms with van der Waals surface area (Å²) < 4.78 is 21.4. The van der Waals surface area contributed by atoms with Crippen LogP contribution in [0.1, 0.15) is 28.4 Å². The van der Waals surface area contributed by atoms with E-state index >= 15 is 0 Å². The first-order valence-corrected chi connectivity index (χ1v) is 8.53. The van der Waals surface area contributed by atoms with E-state index in [0.717, 1.165) is 0 Å². The number of anilines is 2. The Hall–Kier alpha value is -3.87. The standard InChI is InChI=1S/C18H16FN7O2/c1-9-7-23-18(27)15-16(21)25-26-5-4-14(24-17(15)26)22-8-11-10(6-20)12(19)2-3-13(11)28-9/h2-5,9H,7-8H2,1H3,(H2,21,25)(H,22,24)(H,23,27)/t9-/m0/s1. The Labute approximate surface area is 158 Å². The quantitative estimate of drug-likeness (QED) is 0.537. The molecule has 0 radical (unpaired) electrons. The van der Waals surface area contributed by atoms with E-state index in [1.807, 2.05) is 6.07 Å². The molecule has 1 aliphatic heterocycles. The average Bonchev–Trinajstić information content (AvgIpc) is 3.00. The van der Waals surface area contributed by atoms with Gasteiger partial charge in [0.1, 0.15) is 35.1 Å². The highest BCUT2D eigenvalue weighted by molar-refractivity contribution is 6.04. The number of hydrogen-bond acceptors (Lipinski definition) is 7. The van der Waals surface area contributed by atoms with Crippen molar-refractivity contribution in [1.29, 1.82) is 5.26 Å². The van der Waals surface area contributed by atoms with Gasteiger partial charge in [0.25, 0.3) is 5.91 Å². The van der Waals surface area contributed by atoms with Gasteiger partial charge in [-0.05, 0) is 25.1 Å². The predicted molar refractivity (Wildman–Crippen MR) is 98.3 cm³/mol. The molecule has 0 unspecified atom stereocenters. The van der Waals surface area contributed by atoms with E-state index in [0.29, 0.717) is 17.1 Å². The van der Waals surface area contributed by atoms with Crippen molar-refractivity contribution in [2.75, 3.05) is 17.6 Å². The Morgan fingerprint density at radius 1 is 1.39 bits per heavy atom. The number of carbonyl (C=O) groups is 1. The lowest BCUT2D eigenvalue weighted by Crippen LogP contribution is -2.34. The molecule has 1 atom stereocenters. The van der Waals surface area contributed by atoms with Crippen LogP contribution in [0.2, 0.25) is 0 Å². The zero-order valence-corrected chi connectivity index (χ0v) is 14.9. The molecular formula is C18H16FN7O2. The van der Waals surface area contributed by atoms with Crippen LogP contribution >= 0.6 is 0 Å². The maximum absolute atomic E-state index is 14.1. The van der Waals surface area contributed by atoms with Gasteiger partial charge >= 0.3 is 0 Å². The smallest absolute Gasteiger partial charge is 0.259 e. The average molecular weight is 381 g/mol. The number of benzene rings is 1. The number of nitrogens with two attached hydrogens (primary N) is 1. The highest BCUT2D eigenvalue weighted by atomic mass is 19.1. The number of ether oxygens (including phenoxy) is 1. The fourth-order valence-corrected chi connectivity index (χ4v) is 3.03. The molecule has 28 heavy (non-hydrogen) atoms. The first kappa shape index (κ1) is 17.5. The van der Waals surface area contributed by atoms with Crippen LogP contribution in [0.15, 0.2) is 24.4 Å². The monoisotopic (exact) mass is 381 g/mol. The Morgan fingerprint density at radius 3 is 3.00 bits per heavy atom. The second-order valence-electron chi connectivity index (χ2n) is 6.34. The molecule has 0 fully saturated rings. The Balaban J connectivity index is 1.84. The largest absolute Gasteiger partial charge is 0.488 e. The van der Waals surface area contributed by atoms with E-state index in [2.05, 4.69) is 20.7 Å². The second kappa shape index (κ2) is 6.70. The summed E-state index contributed by atoms with van der Waals surface area (Å²) in [5.41, 5.74) is 6.60. The van der Waals surface area contributed by atoms with E-state index < -0.39 is 17.8 Å². The third kappa shape index (κ3) is 2.92. The molecule has 0 spiro atoms. The Bertz CT molecular complexity index is 1140. The van der Waals surface area contributed by atoms with E-state index in [1.54, 1.807) is 19.2 Å². The topological polar surface area (TPSA) is 130 Å². The number of nitrogens with zero attached hydrogens (tertiary/aromatic N) is 4. The summed E-state index contributed by atoms with van der Waals surface area (Å²) in [5, 5.41) is 19.2. The molecule has 10 heteroatoms. The number of nitriles is 1. The van der Waals surface area contributed by atoms with Gasteiger partial charge in [0.15, 0.2) is 11.5 Å². The molecule has 4 N–H and O–H groups in total. The van der Waals surface area contributed by atoms with Crippen molar-refractivity contribution in [2.45, 2.75) is 19.6 Å². The molecule has 2 aromatic heterocycles. The maximum atomic E-state index is 14.1. The van der Waals surface area contributed by atoms with Gasteiger partial charge in [0.05, 0.1) is 12.1 Å². The van der Waals surface area contributed by atoms with E-state index in [1.165, 1.54) is 16.6 Å².